The molecular weight excluding hydrogens is 793 g/mol. The highest BCUT2D eigenvalue weighted by Crippen LogP contribution is 2.54. The zero-order valence-corrected chi connectivity index (χ0v) is 33.2. The minimum Gasteiger partial charge on any atom is -0.318 e. The Morgan fingerprint density at radius 2 is 0.952 bits per heavy atom. The van der Waals surface area contributed by atoms with Gasteiger partial charge in [0, 0.05) is 63.6 Å². The van der Waals surface area contributed by atoms with E-state index in [1.807, 2.05) is 72.8 Å². The lowest BCUT2D eigenvalue weighted by atomic mass is 9.88. The molecule has 0 saturated carbocycles. The average Bonchev–Trinajstić information content (AvgIpc) is 2.16. The predicted octanol–water partition coefficient (Wildman–Crippen LogP) is 16.4. The summed E-state index contributed by atoms with van der Waals surface area (Å²) in [6, 6.07) is 9.71. The van der Waals surface area contributed by atoms with Gasteiger partial charge in [-0.3, -0.25) is 0 Å². The van der Waals surface area contributed by atoms with Crippen molar-refractivity contribution in [2.24, 2.45) is 0 Å². The molecule has 0 saturated heterocycles. The van der Waals surface area contributed by atoms with E-state index >= 15 is 0 Å². The summed E-state index contributed by atoms with van der Waals surface area (Å²) in [4.78, 5) is 3.99. The number of para-hydroxylation sites is 2. The second kappa shape index (κ2) is 13.3. The topological polar surface area (TPSA) is 38.0 Å². The van der Waals surface area contributed by atoms with Gasteiger partial charge in [0.2, 0.25) is 5.69 Å². The molecule has 4 aromatic heterocycles. The van der Waals surface area contributed by atoms with Crippen LogP contribution in [0.15, 0.2) is 182 Å². The lowest BCUT2D eigenvalue weighted by Gasteiger charge is -2.26. The SMILES string of the molecule is [2H]c1c([2H])c([2H])c(-c2c(C#N)c(-n3c4c(ccc5c6ccccc6sc54)c4ccc5c6ccccc6sc5c43)c(-c3c([2H])c([2H])c([2H])c([2H])c3[2H])c(-n3c4c([2H])c([2H])c([2H])c([2H])c4c4c([2H])c([2H])c([2H])c([2H])c43)c2[N+]#[C-])c([2H])c1[2H]. The fourth-order valence-corrected chi connectivity index (χ4v) is 11.5. The maximum atomic E-state index is 12.3. The summed E-state index contributed by atoms with van der Waals surface area (Å²) >= 11 is 2.76. The van der Waals surface area contributed by atoms with Crippen LogP contribution in [0.4, 0.5) is 5.69 Å². The van der Waals surface area contributed by atoms with Crippen LogP contribution in [-0.4, -0.2) is 9.13 Å². The summed E-state index contributed by atoms with van der Waals surface area (Å²) in [5.41, 5.74) is -5.39. The highest BCUT2D eigenvalue weighted by molar-refractivity contribution is 7.27. The van der Waals surface area contributed by atoms with Crippen LogP contribution < -0.4 is 0 Å². The third-order valence-electron chi connectivity index (χ3n) is 11.4. The molecule has 0 atom stereocenters. The highest BCUT2D eigenvalue weighted by Gasteiger charge is 2.32. The smallest absolute Gasteiger partial charge is 0.220 e. The second-order valence-electron chi connectivity index (χ2n) is 14.4. The Morgan fingerprint density at radius 3 is 1.47 bits per heavy atom. The van der Waals surface area contributed by atoms with Crippen molar-refractivity contribution in [3.05, 3.63) is 199 Å². The lowest BCUT2D eigenvalue weighted by Crippen LogP contribution is -2.09. The molecule has 4 heterocycles. The number of nitriles is 1. The van der Waals surface area contributed by atoms with Crippen LogP contribution in [-0.2, 0) is 0 Å². The molecule has 0 aliphatic carbocycles. The normalized spacial score (nSPS) is 15.9. The molecule has 0 aliphatic rings. The summed E-state index contributed by atoms with van der Waals surface area (Å²) in [6.07, 6.45) is 0. The number of fused-ring (bicyclic) bond motifs is 14. The standard InChI is InChI=1S/C56H30N4S2/c1-58-50-48(33-16-4-2-5-17-33)43(32-57)51(49(34-18-6-3-7-19-34)54(50)59-44-24-12-8-20-35(44)36-21-9-13-25-45(36)59)60-52-39(28-30-41-37-22-10-14-26-46(37)61-55(41)52)40-29-31-42-38-23-11-15-27-47(38)62-56(42)53(40)60/h2-31H/i2D,3D,4D,5D,6D,7D,8D,9D,12D,13D,16D,17D,18D,19D,20D,21D,24D,25D. The molecule has 0 fully saturated rings. The van der Waals surface area contributed by atoms with Crippen molar-refractivity contribution in [1.29, 1.82) is 5.26 Å². The van der Waals surface area contributed by atoms with E-state index < -0.39 is 170 Å². The van der Waals surface area contributed by atoms with Crippen LogP contribution in [0.1, 0.15) is 30.2 Å². The maximum absolute atomic E-state index is 12.3. The van der Waals surface area contributed by atoms with Crippen LogP contribution in [0, 0.1) is 17.9 Å². The van der Waals surface area contributed by atoms with Gasteiger partial charge in [-0.05, 0) is 35.3 Å². The summed E-state index contributed by atoms with van der Waals surface area (Å²) < 4.78 is 172. The number of hydrogen-bond acceptors (Lipinski definition) is 3. The highest BCUT2D eigenvalue weighted by atomic mass is 32.1. The second-order valence-corrected chi connectivity index (χ2v) is 16.5. The quantitative estimate of drug-likeness (QED) is 0.163. The van der Waals surface area contributed by atoms with Crippen molar-refractivity contribution in [1.82, 2.24) is 9.13 Å². The summed E-state index contributed by atoms with van der Waals surface area (Å²) in [7, 11) is 0. The van der Waals surface area contributed by atoms with Gasteiger partial charge in [-0.25, -0.2) is 4.85 Å². The monoisotopic (exact) mass is 840 g/mol. The summed E-state index contributed by atoms with van der Waals surface area (Å²) in [5, 5.41) is 15.6. The first kappa shape index (κ1) is 21.5. The molecule has 4 nitrogen and oxygen atoms in total. The minimum atomic E-state index is -0.892. The molecule has 0 radical (unpaired) electrons. The van der Waals surface area contributed by atoms with Crippen molar-refractivity contribution in [2.45, 2.75) is 0 Å². The van der Waals surface area contributed by atoms with Crippen LogP contribution >= 0.6 is 22.7 Å². The van der Waals surface area contributed by atoms with E-state index in [1.54, 1.807) is 4.57 Å². The zero-order chi connectivity index (χ0) is 56.7. The Labute approximate surface area is 388 Å². The van der Waals surface area contributed by atoms with E-state index in [0.717, 1.165) is 35.5 Å². The van der Waals surface area contributed by atoms with Gasteiger partial charge in [0.15, 0.2) is 0 Å². The summed E-state index contributed by atoms with van der Waals surface area (Å²) in [5.74, 6) is 0. The molecule has 0 N–H and O–H groups in total. The first-order valence-corrected chi connectivity index (χ1v) is 20.7. The Kier molecular flexibility index (Phi) is 4.59. The van der Waals surface area contributed by atoms with Crippen LogP contribution in [0.25, 0.3) is 122 Å². The van der Waals surface area contributed by atoms with Crippen molar-refractivity contribution in [2.75, 3.05) is 0 Å². The number of benzene rings is 9. The fourth-order valence-electron chi connectivity index (χ4n) is 9.01. The van der Waals surface area contributed by atoms with Gasteiger partial charge in [-0.2, -0.15) is 5.26 Å². The molecule has 13 rings (SSSR count). The third kappa shape index (κ3) is 4.68. The number of aromatic nitrogens is 2. The predicted molar refractivity (Wildman–Crippen MR) is 263 cm³/mol. The van der Waals surface area contributed by atoms with E-state index in [9.17, 15) is 25.5 Å². The molecule has 62 heavy (non-hydrogen) atoms. The van der Waals surface area contributed by atoms with Crippen molar-refractivity contribution < 1.29 is 24.7 Å². The van der Waals surface area contributed by atoms with E-state index in [1.165, 1.54) is 22.7 Å². The van der Waals surface area contributed by atoms with E-state index in [0.29, 0.717) is 31.2 Å². The molecule has 0 aliphatic heterocycles. The Bertz CT molecular complexity index is 4950. The van der Waals surface area contributed by atoms with Gasteiger partial charge < -0.3 is 9.13 Å². The number of nitrogens with zero attached hydrogens (tertiary/aromatic N) is 4. The largest absolute Gasteiger partial charge is 0.318 e. The number of hydrogen-bond donors (Lipinski definition) is 0. The van der Waals surface area contributed by atoms with Gasteiger partial charge in [0.1, 0.15) is 6.07 Å². The van der Waals surface area contributed by atoms with Crippen LogP contribution in [0.2, 0.25) is 0 Å². The zero-order valence-electron chi connectivity index (χ0n) is 49.5. The molecule has 9 aromatic carbocycles. The number of thiophene rings is 2. The van der Waals surface area contributed by atoms with Crippen molar-refractivity contribution >= 4 is 112 Å². The van der Waals surface area contributed by atoms with Gasteiger partial charge in [-0.1, -0.05) is 157 Å². The van der Waals surface area contributed by atoms with Crippen LogP contribution in [0.5, 0.6) is 0 Å². The van der Waals surface area contributed by atoms with Gasteiger partial charge in [0.05, 0.1) is 79.7 Å². The molecule has 0 amide bonds. The molecule has 0 unspecified atom stereocenters. The van der Waals surface area contributed by atoms with E-state index in [2.05, 4.69) is 10.9 Å². The lowest BCUT2D eigenvalue weighted by molar-refractivity contribution is 1.14. The van der Waals surface area contributed by atoms with Gasteiger partial charge in [0.25, 0.3) is 0 Å². The Hall–Kier alpha value is -8.00. The molecule has 0 bridgehead atoms. The number of rotatable bonds is 4. The Balaban J connectivity index is 1.47. The van der Waals surface area contributed by atoms with E-state index in [4.69, 9.17) is 11.0 Å². The fraction of sp³-hybridized carbons (Fsp3) is 0. The average molecular weight is 841 g/mol. The van der Waals surface area contributed by atoms with Gasteiger partial charge in [-0.15, -0.1) is 22.7 Å². The van der Waals surface area contributed by atoms with E-state index in [-0.39, 0.29) is 5.69 Å². The first-order chi connectivity index (χ1) is 38.2. The molecular formula is C56H30N4S2. The maximum Gasteiger partial charge on any atom is 0.220 e. The molecule has 0 spiro atoms. The minimum absolute atomic E-state index is 0.373. The first-order valence-electron chi connectivity index (χ1n) is 28.1. The van der Waals surface area contributed by atoms with Gasteiger partial charge >= 0.3 is 0 Å². The third-order valence-corrected chi connectivity index (χ3v) is 13.8. The molecule has 286 valence electrons. The molecule has 6 heteroatoms. The Morgan fingerprint density at radius 1 is 0.484 bits per heavy atom. The van der Waals surface area contributed by atoms with Crippen molar-refractivity contribution in [3.8, 4) is 39.7 Å². The molecule has 13 aromatic rings. The summed E-state index contributed by atoms with van der Waals surface area (Å²) in [6.45, 7) is 9.28. The van der Waals surface area contributed by atoms with Crippen molar-refractivity contribution in [3.63, 3.8) is 0 Å². The van der Waals surface area contributed by atoms with Crippen LogP contribution in [0.3, 0.4) is 0 Å².